The van der Waals surface area contributed by atoms with Crippen LogP contribution in [0.15, 0.2) is 12.1 Å². The van der Waals surface area contributed by atoms with Crippen LogP contribution in [0, 0.1) is 23.5 Å². The van der Waals surface area contributed by atoms with Crippen LogP contribution in [0.1, 0.15) is 101 Å². The molecule has 2 nitrogen and oxygen atoms in total. The minimum absolute atomic E-state index is 0.306. The average Bonchev–Trinajstić information content (AvgIpc) is 3.44. The maximum Gasteiger partial charge on any atom is 0.156 e. The molecule has 0 spiro atoms. The first-order valence-electron chi connectivity index (χ1n) is 12.1. The van der Waals surface area contributed by atoms with Crippen molar-refractivity contribution in [3.8, 4) is 0 Å². The lowest BCUT2D eigenvalue weighted by molar-refractivity contribution is 0.316. The zero-order valence-electron chi connectivity index (χ0n) is 18.3. The molecule has 0 aliphatic heterocycles. The second-order valence-corrected chi connectivity index (χ2v) is 9.91. The molecule has 2 saturated carbocycles. The van der Waals surface area contributed by atoms with E-state index in [4.69, 9.17) is 0 Å². The Morgan fingerprint density at radius 1 is 0.667 bits per heavy atom. The molecule has 2 heterocycles. The van der Waals surface area contributed by atoms with Crippen molar-refractivity contribution in [1.82, 2.24) is 9.97 Å². The predicted octanol–water partition coefficient (Wildman–Crippen LogP) is 8.30. The highest BCUT2D eigenvalue weighted by molar-refractivity contribution is 5.98. The van der Waals surface area contributed by atoms with Gasteiger partial charge in [-0.15, -0.1) is 0 Å². The van der Waals surface area contributed by atoms with Crippen LogP contribution in [0.2, 0.25) is 0 Å². The third-order valence-corrected chi connectivity index (χ3v) is 8.32. The molecule has 5 rings (SSSR count). The number of nitrogens with one attached hydrogen (secondary N) is 2. The van der Waals surface area contributed by atoms with Crippen molar-refractivity contribution >= 4 is 21.8 Å². The molecule has 162 valence electrons. The standard InChI is InChI=1S/C26H34F2N2/c1-3-15-5-9-17(10-6-15)21-13-19-23(27)26-20(24(28)25(19)29-21)14-22(30-26)18-11-7-16(4-2)8-12-18/h13-18,29-30H,3-12H2,1-2H3. The fourth-order valence-corrected chi connectivity index (χ4v) is 6.12. The van der Waals surface area contributed by atoms with E-state index in [2.05, 4.69) is 23.8 Å². The summed E-state index contributed by atoms with van der Waals surface area (Å²) in [5.41, 5.74) is 2.69. The molecule has 0 amide bonds. The molecule has 30 heavy (non-hydrogen) atoms. The second-order valence-electron chi connectivity index (χ2n) is 9.91. The summed E-state index contributed by atoms with van der Waals surface area (Å²) in [7, 11) is 0. The maximum atomic E-state index is 15.4. The van der Waals surface area contributed by atoms with E-state index in [1.807, 2.05) is 12.1 Å². The van der Waals surface area contributed by atoms with Gasteiger partial charge in [0.25, 0.3) is 0 Å². The summed E-state index contributed by atoms with van der Waals surface area (Å²) >= 11 is 0. The molecular formula is C26H34F2N2. The fourth-order valence-electron chi connectivity index (χ4n) is 6.12. The number of H-pyrrole nitrogens is 2. The van der Waals surface area contributed by atoms with Crippen molar-refractivity contribution < 1.29 is 8.78 Å². The summed E-state index contributed by atoms with van der Waals surface area (Å²) in [6, 6.07) is 3.74. The molecule has 4 heteroatoms. The molecular weight excluding hydrogens is 378 g/mol. The van der Waals surface area contributed by atoms with E-state index in [9.17, 15) is 0 Å². The number of aromatic amines is 2. The molecule has 0 saturated heterocycles. The Morgan fingerprint density at radius 3 is 1.37 bits per heavy atom. The number of aromatic nitrogens is 2. The van der Waals surface area contributed by atoms with Crippen molar-refractivity contribution in [2.75, 3.05) is 0 Å². The summed E-state index contributed by atoms with van der Waals surface area (Å²) in [4.78, 5) is 6.55. The summed E-state index contributed by atoms with van der Waals surface area (Å²) in [5, 5.41) is 0.798. The SMILES string of the molecule is CCC1CCC(c2cc3c(F)c4[nH]c(C5CCC(CC)CC5)cc4c(F)c3[nH]2)CC1. The van der Waals surface area contributed by atoms with Gasteiger partial charge >= 0.3 is 0 Å². The molecule has 0 atom stereocenters. The van der Waals surface area contributed by atoms with Crippen LogP contribution >= 0.6 is 0 Å². The third-order valence-electron chi connectivity index (χ3n) is 8.32. The van der Waals surface area contributed by atoms with Gasteiger partial charge in [0.1, 0.15) is 0 Å². The molecule has 0 unspecified atom stereocenters. The van der Waals surface area contributed by atoms with Crippen molar-refractivity contribution in [1.29, 1.82) is 0 Å². The molecule has 2 fully saturated rings. The Kier molecular flexibility index (Phi) is 5.37. The van der Waals surface area contributed by atoms with Crippen molar-refractivity contribution in [2.45, 2.75) is 89.9 Å². The highest BCUT2D eigenvalue weighted by Gasteiger charge is 2.27. The smallest absolute Gasteiger partial charge is 0.156 e. The number of rotatable bonds is 4. The van der Waals surface area contributed by atoms with E-state index in [0.717, 1.165) is 48.9 Å². The van der Waals surface area contributed by atoms with Crippen LogP contribution in [0.5, 0.6) is 0 Å². The Bertz CT molecular complexity index is 894. The van der Waals surface area contributed by atoms with Crippen LogP contribution < -0.4 is 0 Å². The molecule has 2 aliphatic rings. The maximum absolute atomic E-state index is 15.4. The predicted molar refractivity (Wildman–Crippen MR) is 120 cm³/mol. The first-order valence-corrected chi connectivity index (χ1v) is 12.1. The first-order chi connectivity index (χ1) is 14.6. The van der Waals surface area contributed by atoms with Crippen molar-refractivity contribution in [2.24, 2.45) is 11.8 Å². The van der Waals surface area contributed by atoms with Crippen molar-refractivity contribution in [3.63, 3.8) is 0 Å². The van der Waals surface area contributed by atoms with E-state index >= 15 is 8.78 Å². The molecule has 1 aromatic carbocycles. The summed E-state index contributed by atoms with van der Waals surface area (Å²) in [6.45, 7) is 4.51. The van der Waals surface area contributed by atoms with E-state index in [-0.39, 0.29) is 11.6 Å². The van der Waals surface area contributed by atoms with Gasteiger partial charge in [0, 0.05) is 22.2 Å². The lowest BCUT2D eigenvalue weighted by Crippen LogP contribution is -2.12. The molecule has 0 bridgehead atoms. The summed E-state index contributed by atoms with van der Waals surface area (Å²) in [6.07, 6.45) is 11.8. The zero-order chi connectivity index (χ0) is 20.8. The number of hydrogen-bond donors (Lipinski definition) is 2. The van der Waals surface area contributed by atoms with Crippen LogP contribution in [-0.4, -0.2) is 9.97 Å². The average molecular weight is 413 g/mol. The van der Waals surface area contributed by atoms with Gasteiger partial charge in [-0.25, -0.2) is 8.78 Å². The molecule has 2 aliphatic carbocycles. The monoisotopic (exact) mass is 412 g/mol. The molecule has 0 radical (unpaired) electrons. The normalized spacial score (nSPS) is 27.9. The largest absolute Gasteiger partial charge is 0.356 e. The van der Waals surface area contributed by atoms with Gasteiger partial charge in [-0.1, -0.05) is 26.7 Å². The number of hydrogen-bond acceptors (Lipinski definition) is 0. The van der Waals surface area contributed by atoms with Gasteiger partial charge in [-0.05, 0) is 87.2 Å². The minimum Gasteiger partial charge on any atom is -0.356 e. The van der Waals surface area contributed by atoms with Gasteiger partial charge in [0.15, 0.2) is 11.6 Å². The Hall–Kier alpha value is -1.84. The third kappa shape index (κ3) is 3.36. The highest BCUT2D eigenvalue weighted by Crippen LogP contribution is 2.41. The number of benzene rings is 1. The lowest BCUT2D eigenvalue weighted by atomic mass is 9.79. The number of fused-ring (bicyclic) bond motifs is 2. The molecule has 2 aromatic heterocycles. The van der Waals surface area contributed by atoms with Gasteiger partial charge in [0.05, 0.1) is 11.0 Å². The van der Waals surface area contributed by atoms with Gasteiger partial charge < -0.3 is 9.97 Å². The van der Waals surface area contributed by atoms with Crippen molar-refractivity contribution in [3.05, 3.63) is 35.2 Å². The molecule has 3 aromatic rings. The van der Waals surface area contributed by atoms with Crippen LogP contribution in [-0.2, 0) is 0 Å². The van der Waals surface area contributed by atoms with Gasteiger partial charge in [-0.3, -0.25) is 0 Å². The van der Waals surface area contributed by atoms with E-state index in [1.165, 1.54) is 38.5 Å². The molecule has 2 N–H and O–H groups in total. The lowest BCUT2D eigenvalue weighted by Gasteiger charge is -2.27. The quantitative estimate of drug-likeness (QED) is 0.432. The Morgan fingerprint density at radius 2 is 1.03 bits per heavy atom. The Labute approximate surface area is 177 Å². The first kappa shape index (κ1) is 20.1. The summed E-state index contributed by atoms with van der Waals surface area (Å²) < 4.78 is 30.8. The summed E-state index contributed by atoms with van der Waals surface area (Å²) in [5.74, 6) is 1.79. The van der Waals surface area contributed by atoms with Gasteiger partial charge in [0.2, 0.25) is 0 Å². The van der Waals surface area contributed by atoms with Gasteiger partial charge in [-0.2, -0.15) is 0 Å². The zero-order valence-corrected chi connectivity index (χ0v) is 18.3. The topological polar surface area (TPSA) is 31.6 Å². The Balaban J connectivity index is 1.47. The van der Waals surface area contributed by atoms with E-state index in [1.54, 1.807) is 0 Å². The number of halogens is 2. The minimum atomic E-state index is -0.306. The van der Waals surface area contributed by atoms with Crippen LogP contribution in [0.3, 0.4) is 0 Å². The second kappa shape index (κ2) is 8.01. The fraction of sp³-hybridized carbons (Fsp3) is 0.615. The van der Waals surface area contributed by atoms with Crippen LogP contribution in [0.4, 0.5) is 8.78 Å². The van der Waals surface area contributed by atoms with E-state index < -0.39 is 0 Å². The van der Waals surface area contributed by atoms with Crippen LogP contribution in [0.25, 0.3) is 21.8 Å². The van der Waals surface area contributed by atoms with E-state index in [0.29, 0.717) is 33.6 Å². The highest BCUT2D eigenvalue weighted by atomic mass is 19.1.